The van der Waals surface area contributed by atoms with Crippen LogP contribution in [0.5, 0.6) is 0 Å². The fourth-order valence-corrected chi connectivity index (χ4v) is 2.86. The molecule has 1 N–H and O–H groups in total. The Morgan fingerprint density at radius 1 is 1.22 bits per heavy atom. The molecule has 0 saturated heterocycles. The van der Waals surface area contributed by atoms with Gasteiger partial charge in [0.25, 0.3) is 0 Å². The van der Waals surface area contributed by atoms with E-state index in [0.29, 0.717) is 24.5 Å². The van der Waals surface area contributed by atoms with Gasteiger partial charge in [-0.05, 0) is 29.3 Å². The van der Waals surface area contributed by atoms with E-state index in [9.17, 15) is 4.79 Å². The third-order valence-electron chi connectivity index (χ3n) is 3.23. The summed E-state index contributed by atoms with van der Waals surface area (Å²) in [5, 5.41) is 11.8. The van der Waals surface area contributed by atoms with Crippen LogP contribution in [0.1, 0.15) is 16.7 Å². The summed E-state index contributed by atoms with van der Waals surface area (Å²) in [5.41, 5.74) is 2.73. The van der Waals surface area contributed by atoms with Gasteiger partial charge in [0, 0.05) is 18.6 Å². The van der Waals surface area contributed by atoms with Gasteiger partial charge in [-0.2, -0.15) is 5.26 Å². The van der Waals surface area contributed by atoms with Crippen molar-refractivity contribution < 1.29 is 9.53 Å². The molecule has 0 aliphatic rings. The van der Waals surface area contributed by atoms with Crippen LogP contribution in [0.25, 0.3) is 0 Å². The van der Waals surface area contributed by atoms with E-state index in [-0.39, 0.29) is 5.91 Å². The van der Waals surface area contributed by atoms with Gasteiger partial charge in [-0.1, -0.05) is 30.3 Å². The number of hydrogen-bond donors (Lipinski definition) is 1. The van der Waals surface area contributed by atoms with Crippen molar-refractivity contribution in [3.63, 3.8) is 0 Å². The molecule has 4 nitrogen and oxygen atoms in total. The molecule has 0 fully saturated rings. The molecule has 0 saturated carbocycles. The number of methoxy groups -OCH3 is 1. The van der Waals surface area contributed by atoms with Gasteiger partial charge in [0.1, 0.15) is 0 Å². The van der Waals surface area contributed by atoms with Gasteiger partial charge >= 0.3 is 0 Å². The van der Waals surface area contributed by atoms with Gasteiger partial charge in [-0.15, -0.1) is 11.8 Å². The fourth-order valence-electron chi connectivity index (χ4n) is 2.08. The second-order valence-corrected chi connectivity index (χ2v) is 5.96. The van der Waals surface area contributed by atoms with E-state index in [0.717, 1.165) is 16.0 Å². The number of hydrogen-bond acceptors (Lipinski definition) is 4. The number of carbonyl (C=O) groups excluding carboxylic acids is 1. The minimum absolute atomic E-state index is 0.0374. The molecule has 0 aliphatic heterocycles. The number of ether oxygens (including phenoxy) is 1. The number of rotatable bonds is 7. The van der Waals surface area contributed by atoms with Gasteiger partial charge in [0.2, 0.25) is 5.91 Å². The highest BCUT2D eigenvalue weighted by atomic mass is 32.2. The Morgan fingerprint density at radius 3 is 2.74 bits per heavy atom. The number of thioether (sulfide) groups is 1. The van der Waals surface area contributed by atoms with E-state index in [1.54, 1.807) is 19.2 Å². The summed E-state index contributed by atoms with van der Waals surface area (Å²) in [5.74, 6) is 0.283. The number of carbonyl (C=O) groups is 1. The lowest BCUT2D eigenvalue weighted by Gasteiger charge is -2.10. The van der Waals surface area contributed by atoms with Gasteiger partial charge < -0.3 is 10.1 Å². The largest absolute Gasteiger partial charge is 0.380 e. The summed E-state index contributed by atoms with van der Waals surface area (Å²) in [6.07, 6.45) is 0. The average molecular weight is 326 g/mol. The predicted molar refractivity (Wildman–Crippen MR) is 90.9 cm³/mol. The number of amides is 1. The van der Waals surface area contributed by atoms with Crippen molar-refractivity contribution in [2.75, 3.05) is 12.9 Å². The molecule has 2 aromatic carbocycles. The van der Waals surface area contributed by atoms with E-state index in [1.807, 2.05) is 36.4 Å². The normalized spacial score (nSPS) is 10.1. The molecular formula is C18H18N2O2S. The van der Waals surface area contributed by atoms with Crippen molar-refractivity contribution in [1.82, 2.24) is 5.32 Å². The summed E-state index contributed by atoms with van der Waals surface area (Å²) < 4.78 is 5.16. The number of nitriles is 1. The molecule has 0 bridgehead atoms. The molecule has 1 amide bonds. The zero-order chi connectivity index (χ0) is 16.5. The topological polar surface area (TPSA) is 62.1 Å². The van der Waals surface area contributed by atoms with Gasteiger partial charge in [0.05, 0.1) is 24.0 Å². The first kappa shape index (κ1) is 17.1. The van der Waals surface area contributed by atoms with Crippen LogP contribution in [0.4, 0.5) is 0 Å². The Kier molecular flexibility index (Phi) is 6.67. The Morgan fingerprint density at radius 2 is 2.00 bits per heavy atom. The van der Waals surface area contributed by atoms with Crippen molar-refractivity contribution >= 4 is 17.7 Å². The molecule has 0 heterocycles. The first-order valence-electron chi connectivity index (χ1n) is 7.18. The van der Waals surface area contributed by atoms with Crippen molar-refractivity contribution in [2.45, 2.75) is 18.0 Å². The molecule has 0 aromatic heterocycles. The summed E-state index contributed by atoms with van der Waals surface area (Å²) in [6, 6.07) is 17.2. The Bertz CT molecular complexity index is 710. The molecular weight excluding hydrogens is 308 g/mol. The van der Waals surface area contributed by atoms with E-state index >= 15 is 0 Å². The van der Waals surface area contributed by atoms with Crippen LogP contribution in [-0.2, 0) is 22.7 Å². The van der Waals surface area contributed by atoms with Crippen LogP contribution in [0.3, 0.4) is 0 Å². The summed E-state index contributed by atoms with van der Waals surface area (Å²) >= 11 is 1.42. The van der Waals surface area contributed by atoms with Crippen LogP contribution >= 0.6 is 11.8 Å². The molecule has 23 heavy (non-hydrogen) atoms. The van der Waals surface area contributed by atoms with Crippen LogP contribution in [0.2, 0.25) is 0 Å². The standard InChI is InChI=1S/C18H18N2O2S/c1-22-12-16-7-3-2-6-15(16)11-20-18(21)13-23-17-8-4-5-14(9-17)10-19/h2-9H,11-13H2,1H3,(H,20,21). The molecule has 0 unspecified atom stereocenters. The fraction of sp³-hybridized carbons (Fsp3) is 0.222. The summed E-state index contributed by atoms with van der Waals surface area (Å²) in [4.78, 5) is 12.9. The highest BCUT2D eigenvalue weighted by Crippen LogP contribution is 2.18. The highest BCUT2D eigenvalue weighted by molar-refractivity contribution is 8.00. The van der Waals surface area contributed by atoms with Crippen LogP contribution in [0.15, 0.2) is 53.4 Å². The average Bonchev–Trinajstić information content (AvgIpc) is 2.59. The number of nitrogens with one attached hydrogen (secondary N) is 1. The maximum Gasteiger partial charge on any atom is 0.230 e. The second-order valence-electron chi connectivity index (χ2n) is 4.91. The lowest BCUT2D eigenvalue weighted by Crippen LogP contribution is -2.25. The van der Waals surface area contributed by atoms with Crippen molar-refractivity contribution in [3.05, 3.63) is 65.2 Å². The zero-order valence-corrected chi connectivity index (χ0v) is 13.7. The van der Waals surface area contributed by atoms with Gasteiger partial charge in [0.15, 0.2) is 0 Å². The maximum absolute atomic E-state index is 12.0. The van der Waals surface area contributed by atoms with Gasteiger partial charge in [-0.3, -0.25) is 4.79 Å². The van der Waals surface area contributed by atoms with E-state index in [4.69, 9.17) is 10.00 Å². The first-order valence-corrected chi connectivity index (χ1v) is 8.17. The smallest absolute Gasteiger partial charge is 0.230 e. The third-order valence-corrected chi connectivity index (χ3v) is 4.22. The highest BCUT2D eigenvalue weighted by Gasteiger charge is 2.06. The zero-order valence-electron chi connectivity index (χ0n) is 12.9. The van der Waals surface area contributed by atoms with Crippen LogP contribution < -0.4 is 5.32 Å². The minimum Gasteiger partial charge on any atom is -0.380 e. The molecule has 0 radical (unpaired) electrons. The molecule has 0 atom stereocenters. The SMILES string of the molecule is COCc1ccccc1CNC(=O)CSc1cccc(C#N)c1. The van der Waals surface area contributed by atoms with E-state index in [1.165, 1.54) is 11.8 Å². The summed E-state index contributed by atoms with van der Waals surface area (Å²) in [7, 11) is 1.65. The van der Waals surface area contributed by atoms with Crippen LogP contribution in [-0.4, -0.2) is 18.8 Å². The lowest BCUT2D eigenvalue weighted by atomic mass is 10.1. The number of benzene rings is 2. The quantitative estimate of drug-likeness (QED) is 0.794. The lowest BCUT2D eigenvalue weighted by molar-refractivity contribution is -0.118. The molecule has 0 spiro atoms. The Hall–Kier alpha value is -2.29. The van der Waals surface area contributed by atoms with Crippen molar-refractivity contribution in [1.29, 1.82) is 5.26 Å². The van der Waals surface area contributed by atoms with E-state index < -0.39 is 0 Å². The third kappa shape index (κ3) is 5.44. The van der Waals surface area contributed by atoms with Gasteiger partial charge in [-0.25, -0.2) is 0 Å². The van der Waals surface area contributed by atoms with Crippen LogP contribution in [0, 0.1) is 11.3 Å². The molecule has 5 heteroatoms. The number of nitrogens with zero attached hydrogens (tertiary/aromatic N) is 1. The first-order chi connectivity index (χ1) is 11.2. The molecule has 2 aromatic rings. The Balaban J connectivity index is 1.85. The van der Waals surface area contributed by atoms with Crippen molar-refractivity contribution in [3.8, 4) is 6.07 Å². The molecule has 118 valence electrons. The molecule has 0 aliphatic carbocycles. The second kappa shape index (κ2) is 8.99. The maximum atomic E-state index is 12.0. The summed E-state index contributed by atoms with van der Waals surface area (Å²) in [6.45, 7) is 1.01. The minimum atomic E-state index is -0.0374. The molecule has 2 rings (SSSR count). The monoisotopic (exact) mass is 326 g/mol. The Labute approximate surface area is 140 Å². The van der Waals surface area contributed by atoms with Crippen molar-refractivity contribution in [2.24, 2.45) is 0 Å². The van der Waals surface area contributed by atoms with E-state index in [2.05, 4.69) is 11.4 Å². The predicted octanol–water partition coefficient (Wildman–Crippen LogP) is 3.11.